The highest BCUT2D eigenvalue weighted by atomic mass is 14.2. The van der Waals surface area contributed by atoms with Gasteiger partial charge in [-0.2, -0.15) is 0 Å². The number of aryl methyl sites for hydroxylation is 3. The maximum absolute atomic E-state index is 2.48. The van der Waals surface area contributed by atoms with Crippen LogP contribution in [0.5, 0.6) is 0 Å². The Hall–Kier alpha value is -2.34. The lowest BCUT2D eigenvalue weighted by atomic mass is 9.81. The maximum atomic E-state index is 2.48. The molecule has 1 aliphatic rings. The van der Waals surface area contributed by atoms with Crippen molar-refractivity contribution in [3.63, 3.8) is 0 Å². The Morgan fingerprint density at radius 1 is 0.583 bits per heavy atom. The van der Waals surface area contributed by atoms with Gasteiger partial charge in [0, 0.05) is 0 Å². The van der Waals surface area contributed by atoms with Gasteiger partial charge in [-0.25, -0.2) is 0 Å². The summed E-state index contributed by atoms with van der Waals surface area (Å²) in [6.07, 6.45) is 25.8. The van der Waals surface area contributed by atoms with Crippen LogP contribution in [-0.2, 0) is 19.3 Å². The van der Waals surface area contributed by atoms with Crippen LogP contribution in [0.4, 0.5) is 0 Å². The molecular weight excluding hydrogens is 432 g/mol. The highest BCUT2D eigenvalue weighted by molar-refractivity contribution is 6.01. The van der Waals surface area contributed by atoms with E-state index in [0.717, 1.165) is 0 Å². The standard InChI is InChI=1S/C36H48/c1-3-5-7-9-11-13-21-31-27-25-29-19-15-17-23-33(29)35(31)36-32(22-14-12-10-8-6-4-2)28-26-30-20-16-18-24-34(30)36/h15,17-19,23-28H,3-14,16,20-22H2,1-2H3. The fourth-order valence-corrected chi connectivity index (χ4v) is 6.07. The molecule has 0 atom stereocenters. The van der Waals surface area contributed by atoms with Crippen molar-refractivity contribution in [3.05, 3.63) is 76.9 Å². The molecule has 0 spiro atoms. The molecule has 192 valence electrons. The van der Waals surface area contributed by atoms with Crippen LogP contribution in [0.25, 0.3) is 28.0 Å². The molecule has 0 aliphatic heterocycles. The van der Waals surface area contributed by atoms with Crippen LogP contribution in [0, 0.1) is 0 Å². The first-order chi connectivity index (χ1) is 17.8. The molecule has 36 heavy (non-hydrogen) atoms. The van der Waals surface area contributed by atoms with Crippen molar-refractivity contribution in [1.82, 2.24) is 0 Å². The van der Waals surface area contributed by atoms with E-state index in [9.17, 15) is 0 Å². The first-order valence-corrected chi connectivity index (χ1v) is 15.2. The van der Waals surface area contributed by atoms with Crippen LogP contribution in [-0.4, -0.2) is 0 Å². The molecule has 0 saturated heterocycles. The van der Waals surface area contributed by atoms with E-state index in [0.29, 0.717) is 0 Å². The molecule has 1 aliphatic carbocycles. The molecule has 0 aromatic heterocycles. The Balaban J connectivity index is 1.69. The molecular formula is C36H48. The van der Waals surface area contributed by atoms with E-state index in [1.165, 1.54) is 130 Å². The minimum atomic E-state index is 1.17. The summed E-state index contributed by atoms with van der Waals surface area (Å²) in [6, 6.07) is 18.8. The van der Waals surface area contributed by atoms with Crippen LogP contribution >= 0.6 is 0 Å². The van der Waals surface area contributed by atoms with E-state index in [2.05, 4.69) is 74.5 Å². The molecule has 0 fully saturated rings. The quantitative estimate of drug-likeness (QED) is 0.190. The van der Waals surface area contributed by atoms with E-state index in [1.807, 2.05) is 0 Å². The molecule has 3 aromatic carbocycles. The molecule has 0 heteroatoms. The third kappa shape index (κ3) is 6.90. The van der Waals surface area contributed by atoms with Crippen molar-refractivity contribution in [1.29, 1.82) is 0 Å². The predicted octanol–water partition coefficient (Wildman–Crippen LogP) is 11.3. The molecule has 0 nitrogen and oxygen atoms in total. The van der Waals surface area contributed by atoms with Crippen molar-refractivity contribution >= 4 is 16.8 Å². The van der Waals surface area contributed by atoms with E-state index < -0.39 is 0 Å². The molecule has 0 unspecified atom stereocenters. The lowest BCUT2D eigenvalue weighted by molar-refractivity contribution is 0.607. The first-order valence-electron chi connectivity index (χ1n) is 15.2. The number of rotatable bonds is 15. The van der Waals surface area contributed by atoms with Crippen molar-refractivity contribution in [2.24, 2.45) is 0 Å². The van der Waals surface area contributed by atoms with Gasteiger partial charge in [0.1, 0.15) is 0 Å². The molecule has 0 saturated carbocycles. The number of benzene rings is 3. The Bertz CT molecular complexity index is 1120. The smallest absolute Gasteiger partial charge is 0.00644 e. The highest BCUT2D eigenvalue weighted by Crippen LogP contribution is 2.41. The van der Waals surface area contributed by atoms with Crippen molar-refractivity contribution in [2.45, 2.75) is 117 Å². The van der Waals surface area contributed by atoms with Crippen molar-refractivity contribution in [2.75, 3.05) is 0 Å². The average Bonchev–Trinajstić information content (AvgIpc) is 2.92. The Morgan fingerprint density at radius 3 is 1.92 bits per heavy atom. The number of allylic oxidation sites excluding steroid dienone is 1. The molecule has 3 aromatic rings. The van der Waals surface area contributed by atoms with Gasteiger partial charge in [0.05, 0.1) is 0 Å². The Morgan fingerprint density at radius 2 is 1.19 bits per heavy atom. The van der Waals surface area contributed by atoms with Crippen LogP contribution in [0.15, 0.2) is 54.6 Å². The zero-order chi connectivity index (χ0) is 25.0. The fourth-order valence-electron chi connectivity index (χ4n) is 6.07. The fraction of sp³-hybridized carbons (Fsp3) is 0.500. The summed E-state index contributed by atoms with van der Waals surface area (Å²) >= 11 is 0. The van der Waals surface area contributed by atoms with Crippen LogP contribution < -0.4 is 0 Å². The van der Waals surface area contributed by atoms with Gasteiger partial charge in [0.15, 0.2) is 0 Å². The number of hydrogen-bond donors (Lipinski definition) is 0. The van der Waals surface area contributed by atoms with E-state index >= 15 is 0 Å². The largest absolute Gasteiger partial charge is 0.0836 e. The number of hydrogen-bond acceptors (Lipinski definition) is 0. The molecule has 0 N–H and O–H groups in total. The Labute approximate surface area is 221 Å². The molecule has 0 radical (unpaired) electrons. The molecule has 0 bridgehead atoms. The number of unbranched alkanes of at least 4 members (excludes halogenated alkanes) is 10. The summed E-state index contributed by atoms with van der Waals surface area (Å²) in [5.41, 5.74) is 9.25. The monoisotopic (exact) mass is 480 g/mol. The van der Waals surface area contributed by atoms with Crippen molar-refractivity contribution in [3.8, 4) is 11.1 Å². The average molecular weight is 481 g/mol. The number of fused-ring (bicyclic) bond motifs is 2. The summed E-state index contributed by atoms with van der Waals surface area (Å²) in [7, 11) is 0. The normalized spacial score (nSPS) is 12.8. The van der Waals surface area contributed by atoms with Gasteiger partial charge in [0.2, 0.25) is 0 Å². The molecule has 0 amide bonds. The second-order valence-electron chi connectivity index (χ2n) is 11.0. The van der Waals surface area contributed by atoms with E-state index in [-0.39, 0.29) is 0 Å². The van der Waals surface area contributed by atoms with Gasteiger partial charge < -0.3 is 0 Å². The minimum Gasteiger partial charge on any atom is -0.0836 e. The molecule has 0 heterocycles. The third-order valence-electron chi connectivity index (χ3n) is 8.15. The van der Waals surface area contributed by atoms with Crippen LogP contribution in [0.1, 0.15) is 120 Å². The lowest BCUT2D eigenvalue weighted by Gasteiger charge is -2.23. The summed E-state index contributed by atoms with van der Waals surface area (Å²) in [5, 5.41) is 2.82. The Kier molecular flexibility index (Phi) is 10.7. The predicted molar refractivity (Wildman–Crippen MR) is 161 cm³/mol. The summed E-state index contributed by atoms with van der Waals surface area (Å²) in [6.45, 7) is 4.61. The van der Waals surface area contributed by atoms with Gasteiger partial charge in [-0.3, -0.25) is 0 Å². The van der Waals surface area contributed by atoms with E-state index in [1.54, 1.807) is 16.7 Å². The van der Waals surface area contributed by atoms with Crippen LogP contribution in [0.2, 0.25) is 0 Å². The van der Waals surface area contributed by atoms with Gasteiger partial charge in [-0.05, 0) is 82.7 Å². The highest BCUT2D eigenvalue weighted by Gasteiger charge is 2.19. The topological polar surface area (TPSA) is 0 Å². The van der Waals surface area contributed by atoms with Gasteiger partial charge in [0.25, 0.3) is 0 Å². The second kappa shape index (κ2) is 14.4. The third-order valence-corrected chi connectivity index (χ3v) is 8.15. The SMILES string of the molecule is CCCCCCCCc1ccc2c(c1-c1c(CCCCCCCC)ccc3ccccc13)C=CCC2. The van der Waals surface area contributed by atoms with Gasteiger partial charge in [-0.1, -0.05) is 139 Å². The van der Waals surface area contributed by atoms with Gasteiger partial charge >= 0.3 is 0 Å². The van der Waals surface area contributed by atoms with Crippen molar-refractivity contribution < 1.29 is 0 Å². The van der Waals surface area contributed by atoms with Crippen LogP contribution in [0.3, 0.4) is 0 Å². The second-order valence-corrected chi connectivity index (χ2v) is 11.0. The summed E-state index contributed by atoms with van der Waals surface area (Å²) < 4.78 is 0. The summed E-state index contributed by atoms with van der Waals surface area (Å²) in [4.78, 5) is 0. The van der Waals surface area contributed by atoms with E-state index in [4.69, 9.17) is 0 Å². The zero-order valence-electron chi connectivity index (χ0n) is 23.1. The lowest BCUT2D eigenvalue weighted by Crippen LogP contribution is -2.04. The zero-order valence-corrected chi connectivity index (χ0v) is 23.1. The minimum absolute atomic E-state index is 1.17. The summed E-state index contributed by atoms with van der Waals surface area (Å²) in [5.74, 6) is 0. The van der Waals surface area contributed by atoms with Gasteiger partial charge in [-0.15, -0.1) is 0 Å². The first kappa shape index (κ1) is 26.7. The molecule has 4 rings (SSSR count). The maximum Gasteiger partial charge on any atom is -0.00644 e.